The summed E-state index contributed by atoms with van der Waals surface area (Å²) in [6, 6.07) is 21.3. The van der Waals surface area contributed by atoms with Gasteiger partial charge >= 0.3 is 0 Å². The summed E-state index contributed by atoms with van der Waals surface area (Å²) in [7, 11) is -3.64. The highest BCUT2D eigenvalue weighted by Crippen LogP contribution is 2.47. The molecule has 152 valence electrons. The molecule has 0 saturated carbocycles. The fourth-order valence-electron chi connectivity index (χ4n) is 4.74. The van der Waals surface area contributed by atoms with Crippen LogP contribution in [0.15, 0.2) is 95.4 Å². The molecule has 3 aromatic carbocycles. The highest BCUT2D eigenvalue weighted by atomic mass is 32.2. The van der Waals surface area contributed by atoms with Crippen LogP contribution in [0.25, 0.3) is 10.8 Å². The first-order chi connectivity index (χ1) is 14.4. The van der Waals surface area contributed by atoms with Gasteiger partial charge in [-0.1, -0.05) is 85.3 Å². The molecule has 4 heteroatoms. The first-order valence-corrected chi connectivity index (χ1v) is 11.9. The van der Waals surface area contributed by atoms with Gasteiger partial charge in [0.05, 0.1) is 10.9 Å². The van der Waals surface area contributed by atoms with Crippen LogP contribution in [0.5, 0.6) is 0 Å². The zero-order valence-corrected chi connectivity index (χ0v) is 18.0. The smallest absolute Gasteiger partial charge is 0.207 e. The van der Waals surface area contributed by atoms with Crippen LogP contribution < -0.4 is 0 Å². The standard InChI is InChI=1S/C26H25NO2S/c1-18-11-14-22(15-12-18)30(28,29)27-17-21-13-10-19(2)16-25(21)26(27)24-9-5-7-20-6-3-4-8-23(20)24/h3-16,19,21,26H,17H2,1-2H3/t19-,21+,26?/m1/s1. The Hall–Kier alpha value is -2.69. The van der Waals surface area contributed by atoms with Gasteiger partial charge in [-0.05, 0) is 46.9 Å². The summed E-state index contributed by atoms with van der Waals surface area (Å²) in [6.45, 7) is 4.59. The number of sulfonamides is 1. The number of hydrogen-bond donors (Lipinski definition) is 0. The number of benzene rings is 3. The van der Waals surface area contributed by atoms with E-state index in [1.807, 2.05) is 37.3 Å². The van der Waals surface area contributed by atoms with Crippen LogP contribution in [-0.4, -0.2) is 19.3 Å². The van der Waals surface area contributed by atoms with Gasteiger partial charge in [-0.15, -0.1) is 0 Å². The number of nitrogens with zero attached hydrogens (tertiary/aromatic N) is 1. The second-order valence-corrected chi connectivity index (χ2v) is 10.3. The van der Waals surface area contributed by atoms with Gasteiger partial charge in [0.25, 0.3) is 0 Å². The molecule has 3 aromatic rings. The maximum Gasteiger partial charge on any atom is 0.243 e. The van der Waals surface area contributed by atoms with Crippen molar-refractivity contribution in [1.82, 2.24) is 4.31 Å². The third-order valence-corrected chi connectivity index (χ3v) is 8.10. The molecule has 0 bridgehead atoms. The van der Waals surface area contributed by atoms with E-state index in [9.17, 15) is 8.42 Å². The predicted octanol–water partition coefficient (Wildman–Crippen LogP) is 5.64. The Kier molecular flexibility index (Phi) is 4.64. The highest BCUT2D eigenvalue weighted by molar-refractivity contribution is 7.89. The summed E-state index contributed by atoms with van der Waals surface area (Å²) in [4.78, 5) is 0.356. The van der Waals surface area contributed by atoms with Crippen molar-refractivity contribution in [3.63, 3.8) is 0 Å². The summed E-state index contributed by atoms with van der Waals surface area (Å²) >= 11 is 0. The number of rotatable bonds is 3. The van der Waals surface area contributed by atoms with E-state index < -0.39 is 10.0 Å². The second kappa shape index (κ2) is 7.22. The molecule has 0 spiro atoms. The summed E-state index contributed by atoms with van der Waals surface area (Å²) in [5.74, 6) is 0.418. The predicted molar refractivity (Wildman–Crippen MR) is 122 cm³/mol. The molecular weight excluding hydrogens is 390 g/mol. The molecule has 1 aliphatic heterocycles. The molecule has 1 saturated heterocycles. The van der Waals surface area contributed by atoms with Crippen molar-refractivity contribution in [2.75, 3.05) is 6.54 Å². The summed E-state index contributed by atoms with van der Waals surface area (Å²) < 4.78 is 29.2. The van der Waals surface area contributed by atoms with Gasteiger partial charge in [-0.25, -0.2) is 8.42 Å². The normalized spacial score (nSPS) is 24.1. The van der Waals surface area contributed by atoms with Gasteiger partial charge in [0.2, 0.25) is 10.0 Å². The monoisotopic (exact) mass is 415 g/mol. The molecule has 1 aliphatic carbocycles. The molecule has 3 nitrogen and oxygen atoms in total. The van der Waals surface area contributed by atoms with Gasteiger partial charge in [-0.3, -0.25) is 0 Å². The average molecular weight is 416 g/mol. The molecule has 5 rings (SSSR count). The fraction of sp³-hybridized carbons (Fsp3) is 0.231. The van der Waals surface area contributed by atoms with Crippen molar-refractivity contribution in [2.24, 2.45) is 11.8 Å². The van der Waals surface area contributed by atoms with Crippen LogP contribution in [0.4, 0.5) is 0 Å². The molecule has 1 unspecified atom stereocenters. The van der Waals surface area contributed by atoms with Crippen molar-refractivity contribution < 1.29 is 8.42 Å². The van der Waals surface area contributed by atoms with E-state index in [-0.39, 0.29) is 12.0 Å². The zero-order valence-electron chi connectivity index (χ0n) is 17.2. The van der Waals surface area contributed by atoms with E-state index >= 15 is 0 Å². The van der Waals surface area contributed by atoms with Crippen LogP contribution in [0.1, 0.15) is 24.1 Å². The van der Waals surface area contributed by atoms with Gasteiger partial charge < -0.3 is 0 Å². The Balaban J connectivity index is 1.71. The minimum Gasteiger partial charge on any atom is -0.207 e. The Morgan fingerprint density at radius 1 is 0.900 bits per heavy atom. The number of hydrogen-bond acceptors (Lipinski definition) is 2. The third kappa shape index (κ3) is 3.11. The van der Waals surface area contributed by atoms with Gasteiger partial charge in [0, 0.05) is 12.5 Å². The summed E-state index contributed by atoms with van der Waals surface area (Å²) in [5.41, 5.74) is 3.30. The van der Waals surface area contributed by atoms with Gasteiger partial charge in [-0.2, -0.15) is 4.31 Å². The van der Waals surface area contributed by atoms with E-state index in [4.69, 9.17) is 0 Å². The lowest BCUT2D eigenvalue weighted by Gasteiger charge is -2.27. The van der Waals surface area contributed by atoms with Crippen LogP contribution in [0.2, 0.25) is 0 Å². The Bertz CT molecular complexity index is 1270. The van der Waals surface area contributed by atoms with Crippen molar-refractivity contribution in [3.8, 4) is 0 Å². The maximum absolute atomic E-state index is 13.8. The third-order valence-electron chi connectivity index (χ3n) is 6.26. The zero-order chi connectivity index (χ0) is 20.9. The van der Waals surface area contributed by atoms with Crippen molar-refractivity contribution >= 4 is 20.8 Å². The lowest BCUT2D eigenvalue weighted by atomic mass is 9.85. The molecule has 0 amide bonds. The Labute approximate surface area is 178 Å². The Morgan fingerprint density at radius 2 is 1.63 bits per heavy atom. The first kappa shape index (κ1) is 19.3. The molecule has 3 atom stereocenters. The van der Waals surface area contributed by atoms with Crippen molar-refractivity contribution in [2.45, 2.75) is 24.8 Å². The van der Waals surface area contributed by atoms with E-state index in [0.717, 1.165) is 21.9 Å². The fourth-order valence-corrected chi connectivity index (χ4v) is 6.36. The second-order valence-electron chi connectivity index (χ2n) is 8.38. The lowest BCUT2D eigenvalue weighted by Crippen LogP contribution is -2.31. The largest absolute Gasteiger partial charge is 0.243 e. The molecule has 30 heavy (non-hydrogen) atoms. The maximum atomic E-state index is 13.8. The Morgan fingerprint density at radius 3 is 2.43 bits per heavy atom. The van der Waals surface area contributed by atoms with E-state index in [1.165, 1.54) is 5.57 Å². The SMILES string of the molecule is Cc1ccc(S(=O)(=O)N2C[C@@H]3C=C[C@@H](C)C=C3C2c2cccc3ccccc23)cc1. The van der Waals surface area contributed by atoms with Crippen molar-refractivity contribution in [3.05, 3.63) is 102 Å². The van der Waals surface area contributed by atoms with Gasteiger partial charge in [0.1, 0.15) is 0 Å². The lowest BCUT2D eigenvalue weighted by molar-refractivity contribution is 0.410. The molecule has 1 heterocycles. The molecule has 0 radical (unpaired) electrons. The van der Waals surface area contributed by atoms with Crippen LogP contribution in [-0.2, 0) is 10.0 Å². The molecule has 0 N–H and O–H groups in total. The van der Waals surface area contributed by atoms with E-state index in [0.29, 0.717) is 17.4 Å². The summed E-state index contributed by atoms with van der Waals surface area (Å²) in [5, 5.41) is 2.24. The molecule has 0 aromatic heterocycles. The number of aryl methyl sites for hydroxylation is 1. The van der Waals surface area contributed by atoms with Crippen molar-refractivity contribution in [1.29, 1.82) is 0 Å². The van der Waals surface area contributed by atoms with E-state index in [1.54, 1.807) is 16.4 Å². The quantitative estimate of drug-likeness (QED) is 0.519. The van der Waals surface area contributed by atoms with Crippen LogP contribution in [0, 0.1) is 18.8 Å². The highest BCUT2D eigenvalue weighted by Gasteiger charge is 2.44. The van der Waals surface area contributed by atoms with Crippen LogP contribution >= 0.6 is 0 Å². The first-order valence-electron chi connectivity index (χ1n) is 10.4. The molecule has 1 fully saturated rings. The number of allylic oxidation sites excluding steroid dienone is 2. The topological polar surface area (TPSA) is 37.4 Å². The minimum atomic E-state index is -3.64. The summed E-state index contributed by atoms with van der Waals surface area (Å²) in [6.07, 6.45) is 6.61. The molecule has 2 aliphatic rings. The van der Waals surface area contributed by atoms with E-state index in [2.05, 4.69) is 49.4 Å². The van der Waals surface area contributed by atoms with Gasteiger partial charge in [0.15, 0.2) is 0 Å². The number of fused-ring (bicyclic) bond motifs is 2. The minimum absolute atomic E-state index is 0.116. The van der Waals surface area contributed by atoms with Crippen LogP contribution in [0.3, 0.4) is 0 Å². The average Bonchev–Trinajstić information content (AvgIpc) is 3.13. The molecular formula is C26H25NO2S.